The van der Waals surface area contributed by atoms with Crippen molar-refractivity contribution >= 4 is 37.3 Å². The van der Waals surface area contributed by atoms with Crippen LogP contribution in [0.5, 0.6) is 0 Å². The van der Waals surface area contributed by atoms with Gasteiger partial charge in [0, 0.05) is 49.6 Å². The second kappa shape index (κ2) is 6.82. The lowest BCUT2D eigenvalue weighted by atomic mass is 9.79. The van der Waals surface area contributed by atoms with Gasteiger partial charge in [-0.05, 0) is 57.0 Å². The third kappa shape index (κ3) is 2.85. The van der Waals surface area contributed by atoms with Crippen molar-refractivity contribution in [3.63, 3.8) is 0 Å². The third-order valence-electron chi connectivity index (χ3n) is 6.97. The molecule has 7 rings (SSSR count). The fourth-order valence-corrected chi connectivity index (χ4v) is 6.57. The van der Waals surface area contributed by atoms with E-state index in [1.54, 1.807) is 0 Å². The van der Waals surface area contributed by atoms with Crippen LogP contribution in [0, 0.1) is 5.92 Å². The van der Waals surface area contributed by atoms with E-state index in [0.29, 0.717) is 12.1 Å². The molecule has 29 heavy (non-hydrogen) atoms. The first kappa shape index (κ1) is 17.4. The molecule has 5 heterocycles. The Morgan fingerprint density at radius 1 is 0.966 bits per heavy atom. The molecule has 0 amide bonds. The van der Waals surface area contributed by atoms with Gasteiger partial charge < -0.3 is 5.32 Å². The summed E-state index contributed by atoms with van der Waals surface area (Å²) in [5.74, 6) is 1.78. The van der Waals surface area contributed by atoms with Crippen LogP contribution in [0.3, 0.4) is 0 Å². The van der Waals surface area contributed by atoms with E-state index in [2.05, 4.69) is 71.7 Å². The zero-order chi connectivity index (χ0) is 19.4. The van der Waals surface area contributed by atoms with Gasteiger partial charge in [0.2, 0.25) is 0 Å². The lowest BCUT2D eigenvalue weighted by molar-refractivity contribution is 0.0457. The lowest BCUT2D eigenvalue weighted by Gasteiger charge is -2.50. The highest BCUT2D eigenvalue weighted by molar-refractivity contribution is 7.26. The summed E-state index contributed by atoms with van der Waals surface area (Å²) < 4.78 is 2.69. The van der Waals surface area contributed by atoms with Gasteiger partial charge in [-0.1, -0.05) is 36.4 Å². The van der Waals surface area contributed by atoms with Crippen LogP contribution in [-0.4, -0.2) is 35.1 Å². The Kier molecular flexibility index (Phi) is 4.10. The average Bonchev–Trinajstić information content (AvgIpc) is 3.16. The van der Waals surface area contributed by atoms with E-state index in [1.807, 2.05) is 17.5 Å². The van der Waals surface area contributed by atoms with E-state index < -0.39 is 0 Å². The zero-order valence-corrected chi connectivity index (χ0v) is 17.5. The fourth-order valence-electron chi connectivity index (χ4n) is 5.33. The van der Waals surface area contributed by atoms with Gasteiger partial charge in [-0.3, -0.25) is 4.90 Å². The van der Waals surface area contributed by atoms with Gasteiger partial charge in [-0.2, -0.15) is 0 Å². The number of nitrogens with zero attached hydrogens (tertiary/aromatic N) is 2. The van der Waals surface area contributed by atoms with Gasteiger partial charge in [-0.25, -0.2) is 4.98 Å². The minimum atomic E-state index is 0.516. The maximum atomic E-state index is 4.80. The molecular weight excluding hydrogens is 374 g/mol. The van der Waals surface area contributed by atoms with Crippen molar-refractivity contribution in [3.8, 4) is 11.1 Å². The van der Waals surface area contributed by atoms with Crippen LogP contribution in [-0.2, 0) is 0 Å². The Balaban J connectivity index is 1.32. The first-order valence-electron chi connectivity index (χ1n) is 10.7. The van der Waals surface area contributed by atoms with Crippen LogP contribution in [0.2, 0.25) is 0 Å². The molecule has 4 heteroatoms. The number of piperidine rings is 3. The number of hydrogen-bond donors (Lipinski definition) is 1. The SMILES string of the molecule is C[C@@H]1[C@H](Nc2ccc(-c3cccc4c3sc3ccccc34)cn2)C2CCN1CC2. The molecule has 0 aliphatic carbocycles. The standard InChI is InChI=1S/C25H25N3S/c1-16-24(17-11-13-28(16)14-12-17)27-23-10-9-18(15-26-23)19-6-4-7-21-20-5-2-3-8-22(20)29-25(19)21/h2-10,15-17,24H,11-14H2,1H3,(H,26,27)/t16-,24+/m1/s1. The molecule has 3 aliphatic heterocycles. The molecule has 2 aromatic carbocycles. The van der Waals surface area contributed by atoms with Crippen molar-refractivity contribution < 1.29 is 0 Å². The van der Waals surface area contributed by atoms with E-state index in [-0.39, 0.29) is 0 Å². The summed E-state index contributed by atoms with van der Waals surface area (Å²) in [6, 6.07) is 20.8. The highest BCUT2D eigenvalue weighted by atomic mass is 32.1. The second-order valence-electron chi connectivity index (χ2n) is 8.50. The monoisotopic (exact) mass is 399 g/mol. The minimum Gasteiger partial charge on any atom is -0.365 e. The Hall–Kier alpha value is -2.43. The number of pyridine rings is 1. The zero-order valence-electron chi connectivity index (χ0n) is 16.6. The summed E-state index contributed by atoms with van der Waals surface area (Å²) in [6.45, 7) is 4.88. The molecule has 1 N–H and O–H groups in total. The molecule has 0 radical (unpaired) electrons. The highest BCUT2D eigenvalue weighted by Crippen LogP contribution is 2.40. The van der Waals surface area contributed by atoms with Gasteiger partial charge in [0.15, 0.2) is 0 Å². The molecule has 3 saturated heterocycles. The summed E-state index contributed by atoms with van der Waals surface area (Å²) in [4.78, 5) is 7.42. The molecule has 3 aliphatic rings. The number of benzene rings is 2. The number of aromatic nitrogens is 1. The van der Waals surface area contributed by atoms with Gasteiger partial charge in [0.05, 0.1) is 0 Å². The Morgan fingerprint density at radius 2 is 1.79 bits per heavy atom. The quantitative estimate of drug-likeness (QED) is 0.457. The maximum absolute atomic E-state index is 4.80. The van der Waals surface area contributed by atoms with Gasteiger partial charge in [0.1, 0.15) is 5.82 Å². The summed E-state index contributed by atoms with van der Waals surface area (Å²) in [7, 11) is 0. The van der Waals surface area contributed by atoms with Crippen LogP contribution < -0.4 is 5.32 Å². The van der Waals surface area contributed by atoms with E-state index in [9.17, 15) is 0 Å². The molecule has 0 spiro atoms. The molecule has 4 aromatic rings. The molecule has 3 nitrogen and oxygen atoms in total. The van der Waals surface area contributed by atoms with E-state index in [4.69, 9.17) is 4.98 Å². The predicted octanol–water partition coefficient (Wildman–Crippen LogP) is 6.01. The van der Waals surface area contributed by atoms with Crippen molar-refractivity contribution in [1.82, 2.24) is 9.88 Å². The van der Waals surface area contributed by atoms with Gasteiger partial charge in [0.25, 0.3) is 0 Å². The predicted molar refractivity (Wildman–Crippen MR) is 124 cm³/mol. The van der Waals surface area contributed by atoms with E-state index in [0.717, 1.165) is 11.7 Å². The largest absolute Gasteiger partial charge is 0.365 e. The van der Waals surface area contributed by atoms with Crippen LogP contribution in [0.15, 0.2) is 60.8 Å². The third-order valence-corrected chi connectivity index (χ3v) is 8.19. The van der Waals surface area contributed by atoms with E-state index in [1.165, 1.54) is 57.2 Å². The minimum absolute atomic E-state index is 0.516. The molecule has 2 atom stereocenters. The number of rotatable bonds is 3. The molecule has 146 valence electrons. The van der Waals surface area contributed by atoms with Crippen molar-refractivity contribution in [1.29, 1.82) is 0 Å². The summed E-state index contributed by atoms with van der Waals surface area (Å²) in [5, 5.41) is 6.43. The van der Waals surface area contributed by atoms with Crippen LogP contribution in [0.4, 0.5) is 5.82 Å². The van der Waals surface area contributed by atoms with Crippen molar-refractivity contribution in [2.24, 2.45) is 5.92 Å². The molecule has 2 bridgehead atoms. The van der Waals surface area contributed by atoms with Gasteiger partial charge in [-0.15, -0.1) is 11.3 Å². The second-order valence-corrected chi connectivity index (χ2v) is 9.55. The van der Waals surface area contributed by atoms with Gasteiger partial charge >= 0.3 is 0 Å². The topological polar surface area (TPSA) is 28.2 Å². The van der Waals surface area contributed by atoms with E-state index >= 15 is 0 Å². The Bertz CT molecular complexity index is 1170. The van der Waals surface area contributed by atoms with Crippen molar-refractivity contribution in [3.05, 3.63) is 60.8 Å². The summed E-state index contributed by atoms with van der Waals surface area (Å²) in [5.41, 5.74) is 2.47. The smallest absolute Gasteiger partial charge is 0.126 e. The first-order chi connectivity index (χ1) is 14.3. The molecule has 0 saturated carbocycles. The number of fused-ring (bicyclic) bond motifs is 6. The fraction of sp³-hybridized carbons (Fsp3) is 0.320. The van der Waals surface area contributed by atoms with Crippen LogP contribution in [0.1, 0.15) is 19.8 Å². The van der Waals surface area contributed by atoms with Crippen molar-refractivity contribution in [2.75, 3.05) is 18.4 Å². The van der Waals surface area contributed by atoms with Crippen LogP contribution >= 0.6 is 11.3 Å². The maximum Gasteiger partial charge on any atom is 0.126 e. The number of hydrogen-bond acceptors (Lipinski definition) is 4. The summed E-state index contributed by atoms with van der Waals surface area (Å²) in [6.07, 6.45) is 4.66. The molecule has 3 fully saturated rings. The molecule has 2 aromatic heterocycles. The normalized spacial score (nSPS) is 26.2. The molecular formula is C25H25N3S. The van der Waals surface area contributed by atoms with Crippen LogP contribution in [0.25, 0.3) is 31.3 Å². The Labute approximate surface area is 175 Å². The van der Waals surface area contributed by atoms with Crippen molar-refractivity contribution in [2.45, 2.75) is 31.8 Å². The lowest BCUT2D eigenvalue weighted by Crippen LogP contribution is -2.59. The molecule has 0 unspecified atom stereocenters. The summed E-state index contributed by atoms with van der Waals surface area (Å²) >= 11 is 1.88. The first-order valence-corrected chi connectivity index (χ1v) is 11.5. The average molecular weight is 400 g/mol. The number of nitrogens with one attached hydrogen (secondary N) is 1. The number of thiophene rings is 1. The number of anilines is 1. The highest BCUT2D eigenvalue weighted by Gasteiger charge is 2.39. The Morgan fingerprint density at radius 3 is 2.59 bits per heavy atom.